The zero-order valence-corrected chi connectivity index (χ0v) is 13.7. The smallest absolute Gasteiger partial charge is 1.00 e. The van der Waals surface area contributed by atoms with Gasteiger partial charge in [-0.15, -0.1) is 0 Å². The summed E-state index contributed by atoms with van der Waals surface area (Å²) in [5.74, 6) is 0. The van der Waals surface area contributed by atoms with E-state index in [4.69, 9.17) is 9.79 Å². The summed E-state index contributed by atoms with van der Waals surface area (Å²) in [6, 6.07) is 0. The predicted octanol–water partition coefficient (Wildman–Crippen LogP) is 0.862. The maximum Gasteiger partial charge on any atom is 1.00 e. The standard InChI is InChI=1S/C11H25O3P.Na.H/c1-2-3-4-5-6-7-8-9-10-11-14-15(12)13;;/h12-13H,2-11H2,1H3;;/q;+1;-1. The van der Waals surface area contributed by atoms with Crippen LogP contribution in [0.2, 0.25) is 0 Å². The van der Waals surface area contributed by atoms with E-state index in [2.05, 4.69) is 11.4 Å². The SMILES string of the molecule is CCCCCCCCCCCOP(O)O.[H-].[Na+]. The van der Waals surface area contributed by atoms with Crippen molar-refractivity contribution in [3.63, 3.8) is 0 Å². The minimum atomic E-state index is -2.14. The van der Waals surface area contributed by atoms with Gasteiger partial charge in [0.1, 0.15) is 0 Å². The molecule has 0 amide bonds. The third kappa shape index (κ3) is 17.7. The summed E-state index contributed by atoms with van der Waals surface area (Å²) in [7, 11) is -2.14. The molecule has 0 aliphatic rings. The Bertz CT molecular complexity index is 131. The van der Waals surface area contributed by atoms with Crippen molar-refractivity contribution >= 4 is 8.60 Å². The molecular formula is C11H26NaO3P. The topological polar surface area (TPSA) is 49.7 Å². The molecule has 0 rings (SSSR count). The molecule has 0 spiro atoms. The van der Waals surface area contributed by atoms with Gasteiger partial charge in [-0.3, -0.25) is 0 Å². The van der Waals surface area contributed by atoms with Crippen LogP contribution in [0.3, 0.4) is 0 Å². The van der Waals surface area contributed by atoms with Gasteiger partial charge < -0.3 is 15.7 Å². The molecule has 0 heterocycles. The minimum Gasteiger partial charge on any atom is -1.00 e. The normalized spacial score (nSPS) is 10.5. The fourth-order valence-corrected chi connectivity index (χ4v) is 1.85. The largest absolute Gasteiger partial charge is 1.00 e. The van der Waals surface area contributed by atoms with Crippen molar-refractivity contribution in [1.29, 1.82) is 0 Å². The van der Waals surface area contributed by atoms with Gasteiger partial charge in [-0.1, -0.05) is 58.3 Å². The average Bonchev–Trinajstić information content (AvgIpc) is 2.20. The second kappa shape index (κ2) is 16.3. The van der Waals surface area contributed by atoms with E-state index in [0.717, 1.165) is 12.8 Å². The van der Waals surface area contributed by atoms with Crippen LogP contribution < -0.4 is 29.6 Å². The van der Waals surface area contributed by atoms with Crippen LogP contribution in [0.15, 0.2) is 0 Å². The minimum absolute atomic E-state index is 0. The molecule has 0 saturated heterocycles. The van der Waals surface area contributed by atoms with E-state index in [0.29, 0.717) is 6.61 Å². The summed E-state index contributed by atoms with van der Waals surface area (Å²) in [5, 5.41) is 0. The first-order valence-corrected chi connectivity index (χ1v) is 7.24. The molecule has 0 aliphatic carbocycles. The first-order valence-electron chi connectivity index (χ1n) is 6.08. The van der Waals surface area contributed by atoms with Crippen molar-refractivity contribution in [3.05, 3.63) is 0 Å². The predicted molar refractivity (Wildman–Crippen MR) is 65.6 cm³/mol. The summed E-state index contributed by atoms with van der Waals surface area (Å²) < 4.78 is 4.68. The molecule has 0 radical (unpaired) electrons. The van der Waals surface area contributed by atoms with E-state index >= 15 is 0 Å². The summed E-state index contributed by atoms with van der Waals surface area (Å²) >= 11 is 0. The molecule has 0 unspecified atom stereocenters. The van der Waals surface area contributed by atoms with E-state index in [-0.39, 0.29) is 31.0 Å². The van der Waals surface area contributed by atoms with Crippen molar-refractivity contribution in [2.75, 3.05) is 6.61 Å². The zero-order valence-electron chi connectivity index (χ0n) is 11.8. The van der Waals surface area contributed by atoms with E-state index in [9.17, 15) is 0 Å². The third-order valence-corrected chi connectivity index (χ3v) is 2.87. The molecule has 5 heteroatoms. The monoisotopic (exact) mass is 260 g/mol. The van der Waals surface area contributed by atoms with E-state index in [1.807, 2.05) is 0 Å². The second-order valence-electron chi connectivity index (χ2n) is 3.91. The zero-order chi connectivity index (χ0) is 11.4. The molecule has 2 N–H and O–H groups in total. The van der Waals surface area contributed by atoms with Gasteiger partial charge in [0.25, 0.3) is 0 Å². The Labute approximate surface area is 125 Å². The van der Waals surface area contributed by atoms with Gasteiger partial charge in [-0.25, -0.2) is 0 Å². The number of unbranched alkanes of at least 4 members (excludes halogenated alkanes) is 8. The molecule has 0 aromatic carbocycles. The fraction of sp³-hybridized carbons (Fsp3) is 1.00. The second-order valence-corrected chi connectivity index (χ2v) is 4.68. The number of hydrogen-bond donors (Lipinski definition) is 2. The van der Waals surface area contributed by atoms with Gasteiger partial charge >= 0.3 is 38.2 Å². The Morgan fingerprint density at radius 3 is 1.75 bits per heavy atom. The quantitative estimate of drug-likeness (QED) is 0.329. The van der Waals surface area contributed by atoms with Crippen LogP contribution in [0.5, 0.6) is 0 Å². The van der Waals surface area contributed by atoms with Crippen molar-refractivity contribution in [1.82, 2.24) is 0 Å². The Balaban J connectivity index is -0.000000980. The van der Waals surface area contributed by atoms with E-state index in [1.165, 1.54) is 44.9 Å². The Morgan fingerprint density at radius 1 is 0.875 bits per heavy atom. The first-order chi connectivity index (χ1) is 7.27. The van der Waals surface area contributed by atoms with Gasteiger partial charge in [0.05, 0.1) is 6.61 Å². The maximum absolute atomic E-state index is 8.47. The molecular weight excluding hydrogens is 234 g/mol. The van der Waals surface area contributed by atoms with Gasteiger partial charge in [0.2, 0.25) is 0 Å². The molecule has 0 atom stereocenters. The van der Waals surface area contributed by atoms with E-state index in [1.54, 1.807) is 0 Å². The molecule has 0 aromatic heterocycles. The number of hydrogen-bond acceptors (Lipinski definition) is 3. The molecule has 0 fully saturated rings. The van der Waals surface area contributed by atoms with Gasteiger partial charge in [0, 0.05) is 0 Å². The van der Waals surface area contributed by atoms with Gasteiger partial charge in [-0.05, 0) is 6.42 Å². The van der Waals surface area contributed by atoms with Crippen LogP contribution in [0.25, 0.3) is 0 Å². The molecule has 3 nitrogen and oxygen atoms in total. The van der Waals surface area contributed by atoms with Crippen LogP contribution in [-0.2, 0) is 4.52 Å². The van der Waals surface area contributed by atoms with Crippen LogP contribution in [0.4, 0.5) is 0 Å². The number of rotatable bonds is 11. The fourth-order valence-electron chi connectivity index (χ4n) is 1.56. The Kier molecular flexibility index (Phi) is 20.0. The summed E-state index contributed by atoms with van der Waals surface area (Å²) in [5.41, 5.74) is 0. The van der Waals surface area contributed by atoms with Crippen LogP contribution in [-0.4, -0.2) is 16.4 Å². The van der Waals surface area contributed by atoms with Gasteiger partial charge in [0.15, 0.2) is 0 Å². The molecule has 0 aliphatic heterocycles. The average molecular weight is 260 g/mol. The molecule has 16 heavy (non-hydrogen) atoms. The molecule has 0 bridgehead atoms. The van der Waals surface area contributed by atoms with Crippen molar-refractivity contribution < 1.29 is 45.3 Å². The Hall–Kier alpha value is 1.31. The van der Waals surface area contributed by atoms with Crippen molar-refractivity contribution in [2.45, 2.75) is 64.7 Å². The van der Waals surface area contributed by atoms with E-state index < -0.39 is 8.60 Å². The summed E-state index contributed by atoms with van der Waals surface area (Å²) in [6.07, 6.45) is 11.4. The van der Waals surface area contributed by atoms with Gasteiger partial charge in [-0.2, -0.15) is 0 Å². The van der Waals surface area contributed by atoms with Crippen molar-refractivity contribution in [2.24, 2.45) is 0 Å². The molecule has 0 aromatic rings. The first kappa shape index (κ1) is 19.6. The summed E-state index contributed by atoms with van der Waals surface area (Å²) in [4.78, 5) is 16.9. The molecule has 94 valence electrons. The molecule has 0 saturated carbocycles. The summed E-state index contributed by atoms with van der Waals surface area (Å²) in [6.45, 7) is 2.71. The van der Waals surface area contributed by atoms with Crippen LogP contribution in [0.1, 0.15) is 66.1 Å². The van der Waals surface area contributed by atoms with Crippen LogP contribution in [0, 0.1) is 0 Å². The van der Waals surface area contributed by atoms with Crippen LogP contribution >= 0.6 is 8.60 Å². The maximum atomic E-state index is 8.47. The Morgan fingerprint density at radius 2 is 1.31 bits per heavy atom. The third-order valence-electron chi connectivity index (χ3n) is 2.45. The van der Waals surface area contributed by atoms with Crippen molar-refractivity contribution in [3.8, 4) is 0 Å².